The molecule has 1 saturated heterocycles. The van der Waals surface area contributed by atoms with Gasteiger partial charge in [0, 0.05) is 18.5 Å². The number of hydrogen-bond acceptors (Lipinski definition) is 3. The lowest BCUT2D eigenvalue weighted by atomic mass is 9.77. The van der Waals surface area contributed by atoms with Gasteiger partial charge in [0.1, 0.15) is 5.60 Å². The predicted octanol–water partition coefficient (Wildman–Crippen LogP) is 2.50. The standard InChI is InChI=1S/C14H23NO4/c1-13(2,3)19-12(18)15-8-10(11(16)17)14(9-15)6-4-5-7-14/h10H,4-9H2,1-3H3,(H,16,17). The Hall–Kier alpha value is -1.26. The van der Waals surface area contributed by atoms with Gasteiger partial charge in [-0.1, -0.05) is 12.8 Å². The Morgan fingerprint density at radius 1 is 1.26 bits per heavy atom. The van der Waals surface area contributed by atoms with Gasteiger partial charge in [-0.15, -0.1) is 0 Å². The first-order valence-electron chi connectivity index (χ1n) is 6.94. The van der Waals surface area contributed by atoms with Crippen LogP contribution in [0.4, 0.5) is 4.79 Å². The minimum atomic E-state index is -0.784. The number of carbonyl (C=O) groups is 2. The molecule has 2 rings (SSSR count). The molecule has 2 fully saturated rings. The third-order valence-corrected chi connectivity index (χ3v) is 4.20. The molecular formula is C14H23NO4. The van der Waals surface area contributed by atoms with E-state index < -0.39 is 17.5 Å². The van der Waals surface area contributed by atoms with Gasteiger partial charge in [-0.2, -0.15) is 0 Å². The summed E-state index contributed by atoms with van der Waals surface area (Å²) in [6, 6.07) is 0. The highest BCUT2D eigenvalue weighted by molar-refractivity contribution is 5.75. The average molecular weight is 269 g/mol. The van der Waals surface area contributed by atoms with Gasteiger partial charge in [0.2, 0.25) is 0 Å². The molecule has 19 heavy (non-hydrogen) atoms. The topological polar surface area (TPSA) is 66.8 Å². The minimum Gasteiger partial charge on any atom is -0.481 e. The average Bonchev–Trinajstić information content (AvgIpc) is 2.84. The second-order valence-electron chi connectivity index (χ2n) is 6.82. The van der Waals surface area contributed by atoms with Crippen LogP contribution in [0.3, 0.4) is 0 Å². The molecule has 1 spiro atoms. The zero-order valence-corrected chi connectivity index (χ0v) is 11.9. The fourth-order valence-corrected chi connectivity index (χ4v) is 3.36. The Labute approximate surface area is 113 Å². The summed E-state index contributed by atoms with van der Waals surface area (Å²) >= 11 is 0. The number of carbonyl (C=O) groups excluding carboxylic acids is 1. The number of likely N-dealkylation sites (tertiary alicyclic amines) is 1. The second kappa shape index (κ2) is 4.69. The van der Waals surface area contributed by atoms with Crippen LogP contribution in [0.1, 0.15) is 46.5 Å². The molecule has 108 valence electrons. The van der Waals surface area contributed by atoms with Crippen molar-refractivity contribution in [3.05, 3.63) is 0 Å². The van der Waals surface area contributed by atoms with Crippen molar-refractivity contribution in [3.8, 4) is 0 Å². The Morgan fingerprint density at radius 3 is 2.32 bits per heavy atom. The van der Waals surface area contributed by atoms with Crippen molar-refractivity contribution in [2.45, 2.75) is 52.1 Å². The summed E-state index contributed by atoms with van der Waals surface area (Å²) in [6.45, 7) is 6.27. The van der Waals surface area contributed by atoms with Gasteiger partial charge < -0.3 is 14.7 Å². The number of hydrogen-bond donors (Lipinski definition) is 1. The highest BCUT2D eigenvalue weighted by atomic mass is 16.6. The molecule has 0 aromatic carbocycles. The van der Waals surface area contributed by atoms with Gasteiger partial charge in [-0.25, -0.2) is 4.79 Å². The number of rotatable bonds is 1. The summed E-state index contributed by atoms with van der Waals surface area (Å²) in [5, 5.41) is 9.39. The van der Waals surface area contributed by atoms with Gasteiger partial charge in [-0.3, -0.25) is 4.79 Å². The highest BCUT2D eigenvalue weighted by Crippen LogP contribution is 2.49. The molecule has 0 bridgehead atoms. The molecule has 0 radical (unpaired) electrons. The van der Waals surface area contributed by atoms with E-state index in [4.69, 9.17) is 4.74 Å². The zero-order chi connectivity index (χ0) is 14.3. The first kappa shape index (κ1) is 14.2. The molecule has 5 nitrogen and oxygen atoms in total. The fourth-order valence-electron chi connectivity index (χ4n) is 3.36. The SMILES string of the molecule is CC(C)(C)OC(=O)N1CC(C(=O)O)C2(CCCC2)C1. The maximum atomic E-state index is 12.1. The van der Waals surface area contributed by atoms with E-state index in [1.54, 1.807) is 4.90 Å². The third-order valence-electron chi connectivity index (χ3n) is 4.20. The molecule has 2 aliphatic rings. The lowest BCUT2D eigenvalue weighted by Crippen LogP contribution is -2.36. The third kappa shape index (κ3) is 2.85. The van der Waals surface area contributed by atoms with Crippen molar-refractivity contribution in [3.63, 3.8) is 0 Å². The Balaban J connectivity index is 2.10. The van der Waals surface area contributed by atoms with E-state index in [1.165, 1.54) is 0 Å². The van der Waals surface area contributed by atoms with Crippen LogP contribution >= 0.6 is 0 Å². The van der Waals surface area contributed by atoms with Crippen LogP contribution in [-0.2, 0) is 9.53 Å². The summed E-state index contributed by atoms with van der Waals surface area (Å²) in [5.74, 6) is -1.23. The number of carboxylic acids is 1. The van der Waals surface area contributed by atoms with E-state index in [1.807, 2.05) is 20.8 Å². The van der Waals surface area contributed by atoms with E-state index in [9.17, 15) is 14.7 Å². The Morgan fingerprint density at radius 2 is 1.84 bits per heavy atom. The van der Waals surface area contributed by atoms with Crippen molar-refractivity contribution in [2.75, 3.05) is 13.1 Å². The summed E-state index contributed by atoms with van der Waals surface area (Å²) in [6.07, 6.45) is 3.55. The minimum absolute atomic E-state index is 0.220. The molecule has 5 heteroatoms. The van der Waals surface area contributed by atoms with Gasteiger partial charge in [0.25, 0.3) is 0 Å². The molecular weight excluding hydrogens is 246 g/mol. The normalized spacial score (nSPS) is 25.8. The quantitative estimate of drug-likeness (QED) is 0.794. The van der Waals surface area contributed by atoms with Crippen LogP contribution in [0.25, 0.3) is 0 Å². The summed E-state index contributed by atoms with van der Waals surface area (Å²) in [5.41, 5.74) is -0.760. The van der Waals surface area contributed by atoms with Crippen LogP contribution in [0, 0.1) is 11.3 Å². The van der Waals surface area contributed by atoms with Crippen molar-refractivity contribution in [1.82, 2.24) is 4.90 Å². The molecule has 1 amide bonds. The molecule has 1 aliphatic carbocycles. The fraction of sp³-hybridized carbons (Fsp3) is 0.857. The zero-order valence-electron chi connectivity index (χ0n) is 11.9. The monoisotopic (exact) mass is 269 g/mol. The molecule has 1 atom stereocenters. The first-order valence-corrected chi connectivity index (χ1v) is 6.94. The second-order valence-corrected chi connectivity index (χ2v) is 6.82. The maximum absolute atomic E-state index is 12.1. The lowest BCUT2D eigenvalue weighted by Gasteiger charge is -2.27. The summed E-state index contributed by atoms with van der Waals surface area (Å²) < 4.78 is 5.35. The Bertz CT molecular complexity index is 379. The molecule has 0 aromatic rings. The van der Waals surface area contributed by atoms with Crippen molar-refractivity contribution in [2.24, 2.45) is 11.3 Å². The van der Waals surface area contributed by atoms with E-state index in [0.29, 0.717) is 6.54 Å². The number of nitrogens with zero attached hydrogens (tertiary/aromatic N) is 1. The van der Waals surface area contributed by atoms with Gasteiger partial charge in [0.15, 0.2) is 0 Å². The van der Waals surface area contributed by atoms with Crippen LogP contribution in [-0.4, -0.2) is 40.8 Å². The number of carboxylic acid groups (broad SMARTS) is 1. The van der Waals surface area contributed by atoms with Gasteiger partial charge in [0.05, 0.1) is 5.92 Å². The summed E-state index contributed by atoms with van der Waals surface area (Å²) in [7, 11) is 0. The maximum Gasteiger partial charge on any atom is 0.410 e. The first-order chi connectivity index (χ1) is 8.73. The van der Waals surface area contributed by atoms with Crippen molar-refractivity contribution >= 4 is 12.1 Å². The summed E-state index contributed by atoms with van der Waals surface area (Å²) in [4.78, 5) is 25.1. The lowest BCUT2D eigenvalue weighted by molar-refractivity contribution is -0.144. The smallest absolute Gasteiger partial charge is 0.410 e. The molecule has 1 saturated carbocycles. The van der Waals surface area contributed by atoms with Crippen molar-refractivity contribution in [1.29, 1.82) is 0 Å². The number of amides is 1. The van der Waals surface area contributed by atoms with E-state index in [-0.39, 0.29) is 18.1 Å². The molecule has 1 heterocycles. The van der Waals surface area contributed by atoms with Crippen molar-refractivity contribution < 1.29 is 19.4 Å². The number of aliphatic carboxylic acids is 1. The predicted molar refractivity (Wildman–Crippen MR) is 69.8 cm³/mol. The van der Waals surface area contributed by atoms with E-state index in [0.717, 1.165) is 25.7 Å². The number of ether oxygens (including phenoxy) is 1. The van der Waals surface area contributed by atoms with Crippen LogP contribution in [0.2, 0.25) is 0 Å². The van der Waals surface area contributed by atoms with Gasteiger partial charge in [-0.05, 0) is 33.6 Å². The van der Waals surface area contributed by atoms with E-state index in [2.05, 4.69) is 0 Å². The molecule has 1 unspecified atom stereocenters. The highest BCUT2D eigenvalue weighted by Gasteiger charge is 2.53. The van der Waals surface area contributed by atoms with Gasteiger partial charge >= 0.3 is 12.1 Å². The Kier molecular flexibility index (Phi) is 3.49. The van der Waals surface area contributed by atoms with Crippen LogP contribution < -0.4 is 0 Å². The molecule has 1 N–H and O–H groups in total. The van der Waals surface area contributed by atoms with E-state index >= 15 is 0 Å². The molecule has 1 aliphatic heterocycles. The van der Waals surface area contributed by atoms with Crippen LogP contribution in [0.15, 0.2) is 0 Å². The largest absolute Gasteiger partial charge is 0.481 e. The van der Waals surface area contributed by atoms with Crippen LogP contribution in [0.5, 0.6) is 0 Å². The molecule has 0 aromatic heterocycles.